The monoisotopic (exact) mass is 612 g/mol. The Balaban J connectivity index is 1.06. The van der Waals surface area contributed by atoms with Gasteiger partial charge in [-0.2, -0.15) is 0 Å². The van der Waals surface area contributed by atoms with Crippen molar-refractivity contribution < 1.29 is 19.1 Å². The molecule has 2 bridgehead atoms. The molecule has 8 heteroatoms. The summed E-state index contributed by atoms with van der Waals surface area (Å²) in [6, 6.07) is 27.6. The Morgan fingerprint density at radius 2 is 1.76 bits per heavy atom. The first-order chi connectivity index (χ1) is 22.6. The molecule has 46 heavy (non-hydrogen) atoms. The summed E-state index contributed by atoms with van der Waals surface area (Å²) in [6.45, 7) is 0.589. The summed E-state index contributed by atoms with van der Waals surface area (Å²) in [7, 11) is 1.59. The molecule has 232 valence electrons. The largest absolute Gasteiger partial charge is 0.493 e. The number of nitrogens with zero attached hydrogens (tertiary/aromatic N) is 2. The first-order valence-corrected chi connectivity index (χ1v) is 15.8. The summed E-state index contributed by atoms with van der Waals surface area (Å²) in [5, 5.41) is 6.89. The van der Waals surface area contributed by atoms with E-state index in [0.29, 0.717) is 46.4 Å². The van der Waals surface area contributed by atoms with Crippen molar-refractivity contribution in [1.29, 1.82) is 0 Å². The summed E-state index contributed by atoms with van der Waals surface area (Å²) in [6.07, 6.45) is 8.38. The van der Waals surface area contributed by atoms with Crippen LogP contribution in [-0.4, -0.2) is 35.5 Å². The highest BCUT2D eigenvalue weighted by Crippen LogP contribution is 2.48. The van der Waals surface area contributed by atoms with E-state index in [9.17, 15) is 9.59 Å². The lowest BCUT2D eigenvalue weighted by Gasteiger charge is -2.23. The molecule has 2 amide bonds. The van der Waals surface area contributed by atoms with Crippen LogP contribution in [0.15, 0.2) is 103 Å². The molecule has 0 spiro atoms. The van der Waals surface area contributed by atoms with Crippen LogP contribution < -0.4 is 20.1 Å². The molecule has 2 N–H and O–H groups in total. The zero-order valence-corrected chi connectivity index (χ0v) is 25.7. The van der Waals surface area contributed by atoms with Gasteiger partial charge in [-0.15, -0.1) is 0 Å². The summed E-state index contributed by atoms with van der Waals surface area (Å²) in [5.74, 6) is 2.53. The van der Waals surface area contributed by atoms with Crippen LogP contribution in [0.2, 0.25) is 0 Å². The molecule has 4 unspecified atom stereocenters. The number of methoxy groups -OCH3 is 1. The Kier molecular flexibility index (Phi) is 8.33. The lowest BCUT2D eigenvalue weighted by molar-refractivity contribution is 0.0941. The Morgan fingerprint density at radius 1 is 0.891 bits per heavy atom. The Labute approximate surface area is 268 Å². The normalized spacial score (nSPS) is 19.0. The number of hydrogen-bond acceptors (Lipinski definition) is 6. The van der Waals surface area contributed by atoms with E-state index >= 15 is 0 Å². The van der Waals surface area contributed by atoms with Gasteiger partial charge in [-0.3, -0.25) is 19.6 Å². The van der Waals surface area contributed by atoms with Crippen LogP contribution in [-0.2, 0) is 0 Å². The molecule has 0 saturated heterocycles. The predicted octanol–water partition coefficient (Wildman–Crippen LogP) is 7.23. The number of para-hydroxylation sites is 1. The van der Waals surface area contributed by atoms with Gasteiger partial charge in [0.05, 0.1) is 42.1 Å². The molecule has 2 saturated carbocycles. The highest BCUT2D eigenvalue weighted by atomic mass is 16.5. The topological polar surface area (TPSA) is 102 Å². The van der Waals surface area contributed by atoms with E-state index in [-0.39, 0.29) is 11.8 Å². The number of hydrogen-bond donors (Lipinski definition) is 2. The van der Waals surface area contributed by atoms with E-state index in [2.05, 4.69) is 20.6 Å². The van der Waals surface area contributed by atoms with Gasteiger partial charge >= 0.3 is 0 Å². The predicted molar refractivity (Wildman–Crippen MR) is 177 cm³/mol. The Bertz CT molecular complexity index is 1820. The van der Waals surface area contributed by atoms with E-state index in [1.165, 1.54) is 25.7 Å². The van der Waals surface area contributed by atoms with Gasteiger partial charge in [0.1, 0.15) is 0 Å². The van der Waals surface area contributed by atoms with Gasteiger partial charge in [0.2, 0.25) is 0 Å². The highest BCUT2D eigenvalue weighted by molar-refractivity contribution is 6.07. The molecule has 2 fully saturated rings. The maximum atomic E-state index is 13.5. The SMILES string of the molecule is COc1cccc(C(=O)Nc2ccc3cc(C(=O)NC(c4ccccc4)c4ccccn4)cnc3c2)c1OCC1CC2CCC1C2. The third kappa shape index (κ3) is 6.15. The van der Waals surface area contributed by atoms with E-state index in [0.717, 1.165) is 28.5 Å². The van der Waals surface area contributed by atoms with Crippen LogP contribution >= 0.6 is 0 Å². The fraction of sp³-hybridized carbons (Fsp3) is 0.263. The number of amides is 2. The number of benzene rings is 3. The fourth-order valence-corrected chi connectivity index (χ4v) is 7.03. The molecule has 2 aliphatic rings. The van der Waals surface area contributed by atoms with Crippen LogP contribution in [0.5, 0.6) is 11.5 Å². The first kappa shape index (κ1) is 29.5. The number of aromatic nitrogens is 2. The number of pyridine rings is 2. The van der Waals surface area contributed by atoms with Gasteiger partial charge in [0.15, 0.2) is 11.5 Å². The molecule has 2 heterocycles. The molecular weight excluding hydrogens is 576 g/mol. The maximum absolute atomic E-state index is 13.5. The van der Waals surface area contributed by atoms with Crippen molar-refractivity contribution in [3.05, 3.63) is 126 Å². The molecule has 0 aliphatic heterocycles. The minimum atomic E-state index is -0.415. The van der Waals surface area contributed by atoms with E-state index in [4.69, 9.17) is 9.47 Å². The summed E-state index contributed by atoms with van der Waals surface area (Å²) < 4.78 is 11.9. The molecule has 5 aromatic rings. The third-order valence-electron chi connectivity index (χ3n) is 9.37. The number of fused-ring (bicyclic) bond motifs is 3. The second-order valence-corrected chi connectivity index (χ2v) is 12.2. The second-order valence-electron chi connectivity index (χ2n) is 12.2. The van der Waals surface area contributed by atoms with Gasteiger partial charge in [-0.05, 0) is 85.0 Å². The third-order valence-corrected chi connectivity index (χ3v) is 9.37. The van der Waals surface area contributed by atoms with Crippen molar-refractivity contribution in [2.45, 2.75) is 31.7 Å². The Hall–Kier alpha value is -5.24. The minimum absolute atomic E-state index is 0.262. The van der Waals surface area contributed by atoms with Crippen LogP contribution in [0.4, 0.5) is 5.69 Å². The summed E-state index contributed by atoms with van der Waals surface area (Å²) >= 11 is 0. The van der Waals surface area contributed by atoms with Gasteiger partial charge in [0, 0.05) is 23.5 Å². The lowest BCUT2D eigenvalue weighted by atomic mass is 9.89. The molecule has 7 rings (SSSR count). The summed E-state index contributed by atoms with van der Waals surface area (Å²) in [4.78, 5) is 36.0. The number of carbonyl (C=O) groups is 2. The zero-order chi connectivity index (χ0) is 31.5. The average molecular weight is 613 g/mol. The molecule has 8 nitrogen and oxygen atoms in total. The number of nitrogens with one attached hydrogen (secondary N) is 2. The van der Waals surface area contributed by atoms with Gasteiger partial charge in [0.25, 0.3) is 11.8 Å². The second kappa shape index (κ2) is 13.0. The maximum Gasteiger partial charge on any atom is 0.259 e. The number of rotatable bonds is 10. The van der Waals surface area contributed by atoms with Gasteiger partial charge in [-0.1, -0.05) is 55.0 Å². The highest BCUT2D eigenvalue weighted by Gasteiger charge is 2.40. The average Bonchev–Trinajstić information content (AvgIpc) is 3.74. The smallest absolute Gasteiger partial charge is 0.259 e. The van der Waals surface area contributed by atoms with Crippen molar-refractivity contribution in [2.24, 2.45) is 17.8 Å². The fourth-order valence-electron chi connectivity index (χ4n) is 7.03. The molecular formula is C38H36N4O4. The van der Waals surface area contributed by atoms with Crippen LogP contribution in [0.3, 0.4) is 0 Å². The van der Waals surface area contributed by atoms with Crippen molar-refractivity contribution in [3.63, 3.8) is 0 Å². The molecule has 4 atom stereocenters. The van der Waals surface area contributed by atoms with Gasteiger partial charge in [-0.25, -0.2) is 0 Å². The number of carbonyl (C=O) groups excluding carboxylic acids is 2. The van der Waals surface area contributed by atoms with E-state index < -0.39 is 6.04 Å². The number of anilines is 1. The molecule has 3 aromatic carbocycles. The van der Waals surface area contributed by atoms with Crippen LogP contribution in [0, 0.1) is 17.8 Å². The molecule has 0 radical (unpaired) electrons. The molecule has 2 aromatic heterocycles. The minimum Gasteiger partial charge on any atom is -0.493 e. The quantitative estimate of drug-likeness (QED) is 0.173. The van der Waals surface area contributed by atoms with Crippen molar-refractivity contribution in [1.82, 2.24) is 15.3 Å². The van der Waals surface area contributed by atoms with E-state index in [1.807, 2.05) is 60.7 Å². The summed E-state index contributed by atoms with van der Waals surface area (Å²) in [5.41, 5.74) is 3.75. The lowest BCUT2D eigenvalue weighted by Crippen LogP contribution is -2.30. The standard InChI is InChI=1S/C38H36N4O4/c1-45-34-12-7-10-31(36(34)46-23-29-19-24-13-14-26(29)18-24)38(44)41-30-16-15-27-20-28(22-40-33(27)21-30)37(43)42-35(25-8-3-2-4-9-25)32-11-5-6-17-39-32/h2-12,15-17,20-22,24,26,29,35H,13-14,18-19,23H2,1H3,(H,41,44)(H,42,43). The van der Waals surface area contributed by atoms with Crippen molar-refractivity contribution in [2.75, 3.05) is 19.0 Å². The number of ether oxygens (including phenoxy) is 2. The molecule has 2 aliphatic carbocycles. The first-order valence-electron chi connectivity index (χ1n) is 15.8. The van der Waals surface area contributed by atoms with Gasteiger partial charge < -0.3 is 20.1 Å². The zero-order valence-electron chi connectivity index (χ0n) is 25.7. The van der Waals surface area contributed by atoms with Crippen molar-refractivity contribution >= 4 is 28.4 Å². The van der Waals surface area contributed by atoms with E-state index in [1.54, 1.807) is 49.8 Å². The Morgan fingerprint density at radius 3 is 2.52 bits per heavy atom. The van der Waals surface area contributed by atoms with Crippen LogP contribution in [0.25, 0.3) is 10.9 Å². The van der Waals surface area contributed by atoms with Crippen molar-refractivity contribution in [3.8, 4) is 11.5 Å². The van der Waals surface area contributed by atoms with Crippen LogP contribution in [0.1, 0.15) is 63.7 Å².